The van der Waals surface area contributed by atoms with Gasteiger partial charge in [-0.3, -0.25) is 9.59 Å². The van der Waals surface area contributed by atoms with Crippen LogP contribution in [0.2, 0.25) is 0 Å². The van der Waals surface area contributed by atoms with Crippen LogP contribution in [0.3, 0.4) is 0 Å². The first-order chi connectivity index (χ1) is 9.19. The second kappa shape index (κ2) is 6.55. The van der Waals surface area contributed by atoms with E-state index in [9.17, 15) is 9.59 Å². The molecular weight excluding hydrogens is 252 g/mol. The molecule has 0 saturated heterocycles. The van der Waals surface area contributed by atoms with Gasteiger partial charge >= 0.3 is 0 Å². The van der Waals surface area contributed by atoms with Gasteiger partial charge in [-0.05, 0) is 30.0 Å². The molecule has 0 saturated carbocycles. The highest BCUT2D eigenvalue weighted by Gasteiger charge is 2.13. The SMILES string of the molecule is CC(=O)NC(C)c1ccc(C(=O)NCC(C)(C)C)cc1. The molecule has 0 aliphatic carbocycles. The first kappa shape index (κ1) is 16.2. The third-order valence-electron chi connectivity index (χ3n) is 2.87. The van der Waals surface area contributed by atoms with Crippen molar-refractivity contribution in [2.75, 3.05) is 6.54 Å². The quantitative estimate of drug-likeness (QED) is 0.888. The van der Waals surface area contributed by atoms with E-state index in [4.69, 9.17) is 0 Å². The fraction of sp³-hybridized carbons (Fsp3) is 0.500. The summed E-state index contributed by atoms with van der Waals surface area (Å²) in [5.74, 6) is -0.136. The van der Waals surface area contributed by atoms with E-state index in [0.29, 0.717) is 12.1 Å². The van der Waals surface area contributed by atoms with Crippen molar-refractivity contribution < 1.29 is 9.59 Å². The number of nitrogens with one attached hydrogen (secondary N) is 2. The maximum Gasteiger partial charge on any atom is 0.251 e. The van der Waals surface area contributed by atoms with Crippen LogP contribution in [0.25, 0.3) is 0 Å². The van der Waals surface area contributed by atoms with Crippen LogP contribution in [-0.2, 0) is 4.79 Å². The van der Waals surface area contributed by atoms with Crippen molar-refractivity contribution in [3.05, 3.63) is 35.4 Å². The zero-order chi connectivity index (χ0) is 15.3. The summed E-state index contributed by atoms with van der Waals surface area (Å²) < 4.78 is 0. The van der Waals surface area contributed by atoms with Crippen molar-refractivity contribution in [3.63, 3.8) is 0 Å². The van der Waals surface area contributed by atoms with Gasteiger partial charge in [-0.1, -0.05) is 32.9 Å². The topological polar surface area (TPSA) is 58.2 Å². The van der Waals surface area contributed by atoms with Gasteiger partial charge in [-0.15, -0.1) is 0 Å². The average Bonchev–Trinajstić information content (AvgIpc) is 2.34. The number of benzene rings is 1. The first-order valence-corrected chi connectivity index (χ1v) is 6.84. The van der Waals surface area contributed by atoms with Crippen LogP contribution >= 0.6 is 0 Å². The van der Waals surface area contributed by atoms with Crippen LogP contribution in [0, 0.1) is 5.41 Å². The lowest BCUT2D eigenvalue weighted by atomic mass is 9.97. The number of carbonyl (C=O) groups is 2. The van der Waals surface area contributed by atoms with E-state index < -0.39 is 0 Å². The van der Waals surface area contributed by atoms with Gasteiger partial charge in [0.15, 0.2) is 0 Å². The van der Waals surface area contributed by atoms with Crippen molar-refractivity contribution in [2.45, 2.75) is 40.7 Å². The third-order valence-corrected chi connectivity index (χ3v) is 2.87. The minimum atomic E-state index is -0.0707. The van der Waals surface area contributed by atoms with Crippen molar-refractivity contribution in [1.29, 1.82) is 0 Å². The van der Waals surface area contributed by atoms with E-state index in [1.807, 2.05) is 19.1 Å². The number of hydrogen-bond donors (Lipinski definition) is 2. The number of hydrogen-bond acceptors (Lipinski definition) is 2. The molecule has 2 N–H and O–H groups in total. The summed E-state index contributed by atoms with van der Waals surface area (Å²) >= 11 is 0. The Bertz CT molecular complexity index is 472. The molecule has 0 aliphatic heterocycles. The lowest BCUT2D eigenvalue weighted by molar-refractivity contribution is -0.119. The van der Waals surface area contributed by atoms with Crippen LogP contribution in [0.4, 0.5) is 0 Å². The summed E-state index contributed by atoms with van der Waals surface area (Å²) in [5.41, 5.74) is 1.68. The molecule has 4 nitrogen and oxygen atoms in total. The molecule has 1 atom stereocenters. The smallest absolute Gasteiger partial charge is 0.251 e. The average molecular weight is 276 g/mol. The second-order valence-electron chi connectivity index (χ2n) is 6.29. The van der Waals surface area contributed by atoms with Crippen LogP contribution in [-0.4, -0.2) is 18.4 Å². The van der Waals surface area contributed by atoms with E-state index in [-0.39, 0.29) is 23.3 Å². The van der Waals surface area contributed by atoms with Gasteiger partial charge in [0.25, 0.3) is 5.91 Å². The minimum Gasteiger partial charge on any atom is -0.352 e. The Morgan fingerprint density at radius 1 is 1.15 bits per heavy atom. The highest BCUT2D eigenvalue weighted by Crippen LogP contribution is 2.14. The Kier molecular flexibility index (Phi) is 5.31. The van der Waals surface area contributed by atoms with Crippen LogP contribution < -0.4 is 10.6 Å². The molecule has 110 valence electrons. The molecule has 4 heteroatoms. The molecule has 0 bridgehead atoms. The molecule has 1 rings (SSSR count). The fourth-order valence-electron chi connectivity index (χ4n) is 1.76. The van der Waals surface area contributed by atoms with Gasteiger partial charge < -0.3 is 10.6 Å². The molecular formula is C16H24N2O2. The molecule has 0 fully saturated rings. The molecule has 1 aromatic rings. The van der Waals surface area contributed by atoms with Gasteiger partial charge in [0, 0.05) is 19.0 Å². The molecule has 2 amide bonds. The van der Waals surface area contributed by atoms with E-state index in [0.717, 1.165) is 5.56 Å². The maximum absolute atomic E-state index is 12.0. The maximum atomic E-state index is 12.0. The van der Waals surface area contributed by atoms with Crippen molar-refractivity contribution >= 4 is 11.8 Å². The zero-order valence-corrected chi connectivity index (χ0v) is 12.9. The van der Waals surface area contributed by atoms with Gasteiger partial charge in [0.2, 0.25) is 5.91 Å². The number of carbonyl (C=O) groups excluding carboxylic acids is 2. The van der Waals surface area contributed by atoms with Gasteiger partial charge in [0.1, 0.15) is 0 Å². The standard InChI is InChI=1S/C16H24N2O2/c1-11(18-12(2)19)13-6-8-14(9-7-13)15(20)17-10-16(3,4)5/h6-9,11H,10H2,1-5H3,(H,17,20)(H,18,19). The van der Waals surface area contributed by atoms with Gasteiger partial charge in [-0.2, -0.15) is 0 Å². The predicted octanol–water partition coefficient (Wildman–Crippen LogP) is 2.66. The zero-order valence-electron chi connectivity index (χ0n) is 12.9. The molecule has 0 radical (unpaired) electrons. The summed E-state index contributed by atoms with van der Waals surface area (Å²) in [6.45, 7) is 10.3. The van der Waals surface area contributed by atoms with E-state index in [1.54, 1.807) is 12.1 Å². The molecule has 0 aromatic heterocycles. The highest BCUT2D eigenvalue weighted by molar-refractivity contribution is 5.94. The van der Waals surface area contributed by atoms with Crippen LogP contribution in [0.1, 0.15) is 56.6 Å². The molecule has 0 heterocycles. The largest absolute Gasteiger partial charge is 0.352 e. The van der Waals surface area contributed by atoms with E-state index >= 15 is 0 Å². The summed E-state index contributed by atoms with van der Waals surface area (Å²) in [6.07, 6.45) is 0. The summed E-state index contributed by atoms with van der Waals surface area (Å²) in [4.78, 5) is 23.0. The summed E-state index contributed by atoms with van der Waals surface area (Å²) in [7, 11) is 0. The first-order valence-electron chi connectivity index (χ1n) is 6.84. The molecule has 1 unspecified atom stereocenters. The Morgan fingerprint density at radius 2 is 1.70 bits per heavy atom. The molecule has 0 spiro atoms. The Balaban J connectivity index is 2.66. The Morgan fingerprint density at radius 3 is 2.15 bits per heavy atom. The lowest BCUT2D eigenvalue weighted by Gasteiger charge is -2.19. The highest BCUT2D eigenvalue weighted by atomic mass is 16.2. The van der Waals surface area contributed by atoms with Crippen LogP contribution in [0.5, 0.6) is 0 Å². The monoisotopic (exact) mass is 276 g/mol. The second-order valence-corrected chi connectivity index (χ2v) is 6.29. The van der Waals surface area contributed by atoms with Crippen molar-refractivity contribution in [1.82, 2.24) is 10.6 Å². The van der Waals surface area contributed by atoms with E-state index in [2.05, 4.69) is 31.4 Å². The normalized spacial score (nSPS) is 12.7. The predicted molar refractivity (Wildman–Crippen MR) is 80.5 cm³/mol. The van der Waals surface area contributed by atoms with Gasteiger partial charge in [-0.25, -0.2) is 0 Å². The molecule has 20 heavy (non-hydrogen) atoms. The molecule has 0 aliphatic rings. The Labute approximate surface area is 121 Å². The molecule has 1 aromatic carbocycles. The van der Waals surface area contributed by atoms with Crippen molar-refractivity contribution in [2.24, 2.45) is 5.41 Å². The fourth-order valence-corrected chi connectivity index (χ4v) is 1.76. The summed E-state index contributed by atoms with van der Waals surface area (Å²) in [6, 6.07) is 7.25. The number of amides is 2. The third kappa shape index (κ3) is 5.43. The van der Waals surface area contributed by atoms with E-state index in [1.165, 1.54) is 6.92 Å². The number of rotatable bonds is 4. The minimum absolute atomic E-state index is 0.0563. The summed E-state index contributed by atoms with van der Waals surface area (Å²) in [5, 5.41) is 5.72. The Hall–Kier alpha value is -1.84. The van der Waals surface area contributed by atoms with Crippen LogP contribution in [0.15, 0.2) is 24.3 Å². The van der Waals surface area contributed by atoms with Gasteiger partial charge in [0.05, 0.1) is 6.04 Å². The van der Waals surface area contributed by atoms with Crippen molar-refractivity contribution in [3.8, 4) is 0 Å². The lowest BCUT2D eigenvalue weighted by Crippen LogP contribution is -2.32.